The lowest BCUT2D eigenvalue weighted by atomic mass is 10.2. The molecule has 0 aliphatic carbocycles. The lowest BCUT2D eigenvalue weighted by Gasteiger charge is -2.20. The third-order valence-electron chi connectivity index (χ3n) is 5.22. The fourth-order valence-corrected chi connectivity index (χ4v) is 6.39. The Balaban J connectivity index is 1.66. The Kier molecular flexibility index (Phi) is 6.52. The van der Waals surface area contributed by atoms with Crippen molar-refractivity contribution in [2.75, 3.05) is 17.2 Å². The van der Waals surface area contributed by atoms with Crippen molar-refractivity contribution in [3.63, 3.8) is 0 Å². The summed E-state index contributed by atoms with van der Waals surface area (Å²) in [6.45, 7) is 2.68. The van der Waals surface area contributed by atoms with Crippen LogP contribution in [0.2, 0.25) is 0 Å². The van der Waals surface area contributed by atoms with E-state index < -0.39 is 10.1 Å². The third-order valence-corrected chi connectivity index (χ3v) is 8.30. The monoisotopic (exact) mass is 473 g/mol. The second-order valence-electron chi connectivity index (χ2n) is 7.38. The van der Waals surface area contributed by atoms with Crippen LogP contribution < -0.4 is 9.47 Å². The second-order valence-corrected chi connectivity index (χ2v) is 11.1. The molecule has 1 aliphatic rings. The van der Waals surface area contributed by atoms with Gasteiger partial charge >= 0.3 is 0 Å². The van der Waals surface area contributed by atoms with Gasteiger partial charge in [-0.15, -0.1) is 0 Å². The smallest absolute Gasteiger partial charge is 0.264 e. The third kappa shape index (κ3) is 5.03. The van der Waals surface area contributed by atoms with Crippen molar-refractivity contribution in [1.82, 2.24) is 0 Å². The van der Waals surface area contributed by atoms with E-state index in [1.807, 2.05) is 12.1 Å². The minimum absolute atomic E-state index is 0.238. The molecule has 0 amide bonds. The lowest BCUT2D eigenvalue weighted by molar-refractivity contribution is -0.642. The molecule has 1 aliphatic heterocycles. The number of benzene rings is 2. The van der Waals surface area contributed by atoms with Crippen molar-refractivity contribution in [3.05, 3.63) is 70.2 Å². The van der Waals surface area contributed by atoms with Crippen LogP contribution in [0.4, 0.5) is 5.69 Å². The van der Waals surface area contributed by atoms with Crippen LogP contribution in [0.15, 0.2) is 70.1 Å². The molecule has 0 spiro atoms. The zero-order chi connectivity index (χ0) is 22.0. The van der Waals surface area contributed by atoms with Crippen molar-refractivity contribution in [2.24, 2.45) is 7.05 Å². The molecule has 2 heterocycles. The number of hydrogen-bond acceptors (Lipinski definition) is 5. The summed E-state index contributed by atoms with van der Waals surface area (Å²) in [4.78, 5) is 3.31. The highest BCUT2D eigenvalue weighted by Crippen LogP contribution is 2.46. The Labute approximate surface area is 191 Å². The highest BCUT2D eigenvalue weighted by molar-refractivity contribution is 8.03. The number of thioether (sulfide) groups is 1. The lowest BCUT2D eigenvalue weighted by Crippen LogP contribution is -2.28. The van der Waals surface area contributed by atoms with Crippen LogP contribution in [0.5, 0.6) is 0 Å². The van der Waals surface area contributed by atoms with Crippen LogP contribution in [0.3, 0.4) is 0 Å². The van der Waals surface area contributed by atoms with Crippen molar-refractivity contribution in [2.45, 2.75) is 24.7 Å². The first kappa shape index (κ1) is 22.1. The summed E-state index contributed by atoms with van der Waals surface area (Å²) in [6, 6.07) is 16.5. The van der Waals surface area contributed by atoms with Gasteiger partial charge in [0.2, 0.25) is 5.52 Å². The van der Waals surface area contributed by atoms with Crippen LogP contribution in [0.25, 0.3) is 16.3 Å². The number of aromatic nitrogens is 1. The van der Waals surface area contributed by atoms with Crippen molar-refractivity contribution in [1.29, 1.82) is 0 Å². The number of anilines is 1. The van der Waals surface area contributed by atoms with Gasteiger partial charge in [-0.2, -0.15) is 13.0 Å². The summed E-state index contributed by atoms with van der Waals surface area (Å²) in [5.74, 6) is -0.238. The van der Waals surface area contributed by atoms with E-state index in [9.17, 15) is 8.42 Å². The highest BCUT2D eigenvalue weighted by Gasteiger charge is 2.25. The maximum absolute atomic E-state index is 11.2. The first-order valence-corrected chi connectivity index (χ1v) is 13.4. The van der Waals surface area contributed by atoms with Gasteiger partial charge in [0.25, 0.3) is 15.1 Å². The molecular weight excluding hydrogens is 448 g/mol. The van der Waals surface area contributed by atoms with E-state index in [1.165, 1.54) is 20.8 Å². The summed E-state index contributed by atoms with van der Waals surface area (Å²) in [7, 11) is -1.87. The average Bonchev–Trinajstić information content (AvgIpc) is 3.24. The molecule has 4 rings (SSSR count). The Hall–Kier alpha value is -2.13. The number of nitrogens with zero attached hydrogens (tertiary/aromatic N) is 2. The summed E-state index contributed by atoms with van der Waals surface area (Å²) < 4.78 is 34.9. The van der Waals surface area contributed by atoms with E-state index in [0.29, 0.717) is 13.0 Å². The van der Waals surface area contributed by atoms with Crippen LogP contribution in [-0.2, 0) is 17.2 Å². The minimum Gasteiger partial charge on any atom is -0.335 e. The number of rotatable bonds is 7. The second kappa shape index (κ2) is 9.16. The Morgan fingerprint density at radius 1 is 1.16 bits per heavy atom. The molecule has 31 heavy (non-hydrogen) atoms. The number of allylic oxidation sites excluding steroid dienone is 2. The molecule has 0 unspecified atom stereocenters. The van der Waals surface area contributed by atoms with Crippen molar-refractivity contribution < 1.29 is 17.5 Å². The van der Waals surface area contributed by atoms with Gasteiger partial charge in [-0.05, 0) is 42.7 Å². The summed E-state index contributed by atoms with van der Waals surface area (Å²) in [5.41, 5.74) is 3.51. The summed E-state index contributed by atoms with van der Waals surface area (Å²) >= 11 is 3.47. The maximum atomic E-state index is 11.2. The SMILES string of the molecule is CCC(=Cc1sc2ccccc2[n+]1C)C=C1Sc2ccccc2N1CCCS(=O)(=O)O. The number of para-hydroxylation sites is 2. The molecule has 0 bridgehead atoms. The molecule has 1 N–H and O–H groups in total. The Bertz CT molecular complexity index is 1280. The van der Waals surface area contributed by atoms with Gasteiger partial charge in [0, 0.05) is 23.6 Å². The van der Waals surface area contributed by atoms with Crippen LogP contribution >= 0.6 is 23.1 Å². The predicted molar refractivity (Wildman–Crippen MR) is 130 cm³/mol. The molecule has 2 aromatic carbocycles. The molecule has 0 atom stereocenters. The number of fused-ring (bicyclic) bond motifs is 2. The van der Waals surface area contributed by atoms with E-state index in [-0.39, 0.29) is 5.75 Å². The van der Waals surface area contributed by atoms with Crippen LogP contribution in [0, 0.1) is 0 Å². The standard InChI is InChI=1S/C23H24N2O3S3/c1-3-17(15-22-24(2)18-9-4-6-11-20(18)29-22)16-23-25(13-8-14-31(26,27)28)19-10-5-7-12-21(19)30-23/h4-7,9-12,15-16H,3,8,13-14H2,1-2H3/p+1. The van der Waals surface area contributed by atoms with Gasteiger partial charge in [0.15, 0.2) is 0 Å². The zero-order valence-corrected chi connectivity index (χ0v) is 19.9. The minimum atomic E-state index is -3.96. The van der Waals surface area contributed by atoms with Crippen LogP contribution in [-0.4, -0.2) is 25.3 Å². The molecule has 8 heteroatoms. The number of hydrogen-bond donors (Lipinski definition) is 1. The average molecular weight is 474 g/mol. The van der Waals surface area contributed by atoms with E-state index in [2.05, 4.69) is 72.0 Å². The van der Waals surface area contributed by atoms with E-state index in [4.69, 9.17) is 4.55 Å². The fourth-order valence-electron chi connectivity index (χ4n) is 3.61. The van der Waals surface area contributed by atoms with E-state index in [0.717, 1.165) is 22.0 Å². The molecule has 162 valence electrons. The Morgan fingerprint density at radius 3 is 2.65 bits per heavy atom. The van der Waals surface area contributed by atoms with E-state index >= 15 is 0 Å². The quantitative estimate of drug-likeness (QED) is 0.375. The first-order chi connectivity index (χ1) is 14.9. The van der Waals surface area contributed by atoms with Gasteiger partial charge in [-0.1, -0.05) is 54.3 Å². The van der Waals surface area contributed by atoms with Crippen LogP contribution in [0.1, 0.15) is 24.8 Å². The number of aryl methyl sites for hydroxylation is 1. The highest BCUT2D eigenvalue weighted by atomic mass is 32.2. The molecule has 1 aromatic heterocycles. The van der Waals surface area contributed by atoms with Crippen molar-refractivity contribution in [3.8, 4) is 0 Å². The molecule has 3 aromatic rings. The number of thiazole rings is 1. The molecular formula is C23H25N2O3S3+. The van der Waals surface area contributed by atoms with Crippen molar-refractivity contribution >= 4 is 55.2 Å². The van der Waals surface area contributed by atoms with Gasteiger partial charge in [0.05, 0.1) is 16.5 Å². The zero-order valence-electron chi connectivity index (χ0n) is 17.5. The summed E-state index contributed by atoms with van der Waals surface area (Å²) in [5, 5.41) is 2.27. The molecule has 0 saturated heterocycles. The molecule has 0 saturated carbocycles. The molecule has 0 fully saturated rings. The van der Waals surface area contributed by atoms with E-state index in [1.54, 1.807) is 23.1 Å². The maximum Gasteiger partial charge on any atom is 0.264 e. The first-order valence-electron chi connectivity index (χ1n) is 10.1. The van der Waals surface area contributed by atoms with Gasteiger partial charge in [-0.3, -0.25) is 4.55 Å². The Morgan fingerprint density at radius 2 is 1.90 bits per heavy atom. The topological polar surface area (TPSA) is 61.5 Å². The fraction of sp³-hybridized carbons (Fsp3) is 0.261. The largest absolute Gasteiger partial charge is 0.335 e. The summed E-state index contributed by atoms with van der Waals surface area (Å²) in [6.07, 6.45) is 5.68. The molecule has 5 nitrogen and oxygen atoms in total. The molecule has 0 radical (unpaired) electrons. The van der Waals surface area contributed by atoms with Gasteiger partial charge in [-0.25, -0.2) is 0 Å². The predicted octanol–water partition coefficient (Wildman–Crippen LogP) is 5.25. The van der Waals surface area contributed by atoms with Gasteiger partial charge in [0.1, 0.15) is 11.7 Å². The van der Waals surface area contributed by atoms with Gasteiger partial charge < -0.3 is 4.90 Å². The normalized spacial score (nSPS) is 15.8.